The second-order valence-corrected chi connectivity index (χ2v) is 10.6. The number of aliphatic hydroxyl groups excluding tert-OH is 1. The molecular formula is C30H39N5O4. The highest BCUT2D eigenvalue weighted by molar-refractivity contribution is 5.97. The van der Waals surface area contributed by atoms with E-state index in [0.717, 1.165) is 19.6 Å². The van der Waals surface area contributed by atoms with Crippen LogP contribution in [0.1, 0.15) is 61.1 Å². The van der Waals surface area contributed by atoms with Crippen LogP contribution >= 0.6 is 0 Å². The lowest BCUT2D eigenvalue weighted by Gasteiger charge is -2.37. The quantitative estimate of drug-likeness (QED) is 0.546. The molecule has 0 aromatic carbocycles. The zero-order chi connectivity index (χ0) is 27.8. The molecule has 2 aliphatic heterocycles. The van der Waals surface area contributed by atoms with E-state index in [0.29, 0.717) is 36.3 Å². The Hall–Kier alpha value is -3.48. The Kier molecular flexibility index (Phi) is 9.90. The van der Waals surface area contributed by atoms with Gasteiger partial charge in [-0.3, -0.25) is 9.59 Å². The van der Waals surface area contributed by atoms with Crippen molar-refractivity contribution in [2.24, 2.45) is 5.92 Å². The highest BCUT2D eigenvalue weighted by atomic mass is 16.5. The number of nitrogens with zero attached hydrogens (tertiary/aromatic N) is 5. The molecule has 2 amide bonds. The number of carbonyl (C=O) groups is 2. The number of hydrogen-bond donors (Lipinski definition) is 1. The maximum Gasteiger partial charge on any atom is 0.259 e. The molecule has 4 heterocycles. The van der Waals surface area contributed by atoms with Gasteiger partial charge in [0.05, 0.1) is 19.2 Å². The van der Waals surface area contributed by atoms with E-state index in [2.05, 4.69) is 26.7 Å². The van der Waals surface area contributed by atoms with Crippen LogP contribution in [0.25, 0.3) is 0 Å². The van der Waals surface area contributed by atoms with Crippen molar-refractivity contribution in [2.75, 3.05) is 46.4 Å². The van der Waals surface area contributed by atoms with Gasteiger partial charge in [-0.05, 0) is 57.0 Å². The Bertz CT molecular complexity index is 1190. The molecule has 0 spiro atoms. The first-order valence-corrected chi connectivity index (χ1v) is 13.8. The third-order valence-electron chi connectivity index (χ3n) is 7.49. The molecule has 1 saturated heterocycles. The van der Waals surface area contributed by atoms with Crippen molar-refractivity contribution in [2.45, 2.75) is 51.7 Å². The standard InChI is InChI=1S/C30H39N5O4/c1-22-19-35(23(2)21-36)30(38)26-17-24(10-11-25-9-5-6-13-31-25)18-32-29(26)39-27(22)20-33(3)28(37)12-16-34-14-7-4-8-15-34/h5-6,9,13,17-18,22-23,27,36H,4,7-8,12,14-16,19-21H2,1-3H3/t22-,23+,27-/m0/s1. The zero-order valence-electron chi connectivity index (χ0n) is 23.2. The van der Waals surface area contributed by atoms with Crippen molar-refractivity contribution in [3.8, 4) is 17.7 Å². The van der Waals surface area contributed by atoms with Gasteiger partial charge in [-0.15, -0.1) is 0 Å². The normalized spacial score (nSPS) is 20.5. The largest absolute Gasteiger partial charge is 0.472 e. The molecule has 0 aliphatic carbocycles. The van der Waals surface area contributed by atoms with E-state index >= 15 is 0 Å². The Morgan fingerprint density at radius 3 is 2.74 bits per heavy atom. The second kappa shape index (κ2) is 13.5. The summed E-state index contributed by atoms with van der Waals surface area (Å²) in [6, 6.07) is 6.78. The molecule has 4 rings (SSSR count). The molecule has 0 radical (unpaired) electrons. The maximum atomic E-state index is 13.6. The van der Waals surface area contributed by atoms with Crippen LogP contribution in [-0.4, -0.2) is 100 Å². The Balaban J connectivity index is 1.54. The van der Waals surface area contributed by atoms with Gasteiger partial charge in [0.15, 0.2) is 0 Å². The molecule has 1 fully saturated rings. The molecule has 208 valence electrons. The molecule has 3 atom stereocenters. The Labute approximate surface area is 231 Å². The lowest BCUT2D eigenvalue weighted by Crippen LogP contribution is -2.50. The van der Waals surface area contributed by atoms with Gasteiger partial charge in [-0.2, -0.15) is 0 Å². The monoisotopic (exact) mass is 533 g/mol. The molecule has 9 nitrogen and oxygen atoms in total. The van der Waals surface area contributed by atoms with Crippen LogP contribution in [0.4, 0.5) is 0 Å². The predicted molar refractivity (Wildman–Crippen MR) is 148 cm³/mol. The highest BCUT2D eigenvalue weighted by Gasteiger charge is 2.34. The minimum absolute atomic E-state index is 0.0726. The van der Waals surface area contributed by atoms with E-state index in [9.17, 15) is 14.7 Å². The van der Waals surface area contributed by atoms with Crippen molar-refractivity contribution in [3.05, 3.63) is 53.5 Å². The van der Waals surface area contributed by atoms with Gasteiger partial charge < -0.3 is 24.5 Å². The van der Waals surface area contributed by atoms with Crippen molar-refractivity contribution >= 4 is 11.8 Å². The lowest BCUT2D eigenvalue weighted by molar-refractivity contribution is -0.131. The van der Waals surface area contributed by atoms with Crippen molar-refractivity contribution < 1.29 is 19.4 Å². The topological polar surface area (TPSA) is 99.1 Å². The number of amides is 2. The van der Waals surface area contributed by atoms with E-state index in [1.54, 1.807) is 35.3 Å². The molecule has 1 N–H and O–H groups in total. The summed E-state index contributed by atoms with van der Waals surface area (Å²) in [7, 11) is 1.80. The maximum absolute atomic E-state index is 13.6. The summed E-state index contributed by atoms with van der Waals surface area (Å²) in [6.45, 7) is 7.29. The SMILES string of the molecule is C[C@H](CO)N1C[C@H](C)[C@H](CN(C)C(=O)CCN2CCCCC2)Oc2ncc(C#Cc3ccccn3)cc2C1=O. The van der Waals surface area contributed by atoms with Crippen LogP contribution in [-0.2, 0) is 4.79 Å². The first-order valence-electron chi connectivity index (χ1n) is 13.8. The van der Waals surface area contributed by atoms with Crippen LogP contribution in [0, 0.1) is 17.8 Å². The Morgan fingerprint density at radius 2 is 2.03 bits per heavy atom. The summed E-state index contributed by atoms with van der Waals surface area (Å²) < 4.78 is 6.33. The van der Waals surface area contributed by atoms with Gasteiger partial charge in [0.25, 0.3) is 5.91 Å². The molecule has 0 unspecified atom stereocenters. The summed E-state index contributed by atoms with van der Waals surface area (Å²) in [5.41, 5.74) is 1.46. The summed E-state index contributed by atoms with van der Waals surface area (Å²) in [4.78, 5) is 41.0. The van der Waals surface area contributed by atoms with Crippen molar-refractivity contribution in [1.82, 2.24) is 24.7 Å². The molecule has 2 aromatic heterocycles. The van der Waals surface area contributed by atoms with Crippen LogP contribution in [0.15, 0.2) is 36.7 Å². The zero-order valence-corrected chi connectivity index (χ0v) is 23.2. The summed E-state index contributed by atoms with van der Waals surface area (Å²) >= 11 is 0. The Morgan fingerprint density at radius 1 is 1.23 bits per heavy atom. The number of fused-ring (bicyclic) bond motifs is 1. The van der Waals surface area contributed by atoms with Gasteiger partial charge in [0.1, 0.15) is 17.4 Å². The molecule has 0 saturated carbocycles. The smallest absolute Gasteiger partial charge is 0.259 e. The fraction of sp³-hybridized carbons (Fsp3) is 0.533. The summed E-state index contributed by atoms with van der Waals surface area (Å²) in [5, 5.41) is 9.89. The molecule has 2 aromatic rings. The molecule has 9 heteroatoms. The van der Waals surface area contributed by atoms with Crippen molar-refractivity contribution in [1.29, 1.82) is 0 Å². The number of ether oxygens (including phenoxy) is 1. The average Bonchev–Trinajstić information content (AvgIpc) is 2.97. The first kappa shape index (κ1) is 28.5. The van der Waals surface area contributed by atoms with E-state index in [4.69, 9.17) is 4.74 Å². The van der Waals surface area contributed by atoms with Crippen molar-refractivity contribution in [3.63, 3.8) is 0 Å². The lowest BCUT2D eigenvalue weighted by atomic mass is 9.99. The number of likely N-dealkylation sites (N-methyl/N-ethyl adjacent to an activating group) is 1. The highest BCUT2D eigenvalue weighted by Crippen LogP contribution is 2.27. The van der Waals surface area contributed by atoms with Crippen LogP contribution in [0.3, 0.4) is 0 Å². The van der Waals surface area contributed by atoms with Gasteiger partial charge in [-0.1, -0.05) is 25.3 Å². The number of rotatable bonds is 7. The van der Waals surface area contributed by atoms with Gasteiger partial charge in [0, 0.05) is 50.4 Å². The van der Waals surface area contributed by atoms with E-state index in [-0.39, 0.29) is 36.3 Å². The van der Waals surface area contributed by atoms with Gasteiger partial charge >= 0.3 is 0 Å². The third kappa shape index (κ3) is 7.55. The fourth-order valence-corrected chi connectivity index (χ4v) is 4.96. The predicted octanol–water partition coefficient (Wildman–Crippen LogP) is 2.43. The number of piperidine rings is 1. The number of pyridine rings is 2. The minimum atomic E-state index is -0.390. The van der Waals surface area contributed by atoms with E-state index in [1.165, 1.54) is 19.3 Å². The number of aromatic nitrogens is 2. The fourth-order valence-electron chi connectivity index (χ4n) is 4.96. The minimum Gasteiger partial charge on any atom is -0.472 e. The molecule has 39 heavy (non-hydrogen) atoms. The molecule has 2 aliphatic rings. The molecule has 0 bridgehead atoms. The van der Waals surface area contributed by atoms with Crippen LogP contribution in [0.2, 0.25) is 0 Å². The molecular weight excluding hydrogens is 494 g/mol. The second-order valence-electron chi connectivity index (χ2n) is 10.6. The number of likely N-dealkylation sites (tertiary alicyclic amines) is 1. The van der Waals surface area contributed by atoms with Crippen LogP contribution < -0.4 is 4.74 Å². The van der Waals surface area contributed by atoms with Crippen LogP contribution in [0.5, 0.6) is 5.88 Å². The summed E-state index contributed by atoms with van der Waals surface area (Å²) in [5.74, 6) is 5.94. The van der Waals surface area contributed by atoms with Gasteiger partial charge in [0.2, 0.25) is 11.8 Å². The summed E-state index contributed by atoms with van der Waals surface area (Å²) in [6.07, 6.45) is 7.00. The van der Waals surface area contributed by atoms with E-state index in [1.807, 2.05) is 32.0 Å². The number of carbonyl (C=O) groups excluding carboxylic acids is 2. The number of aliphatic hydroxyl groups is 1. The first-order chi connectivity index (χ1) is 18.9. The van der Waals surface area contributed by atoms with E-state index < -0.39 is 6.04 Å². The average molecular weight is 534 g/mol. The number of hydrogen-bond acceptors (Lipinski definition) is 7. The third-order valence-corrected chi connectivity index (χ3v) is 7.49. The van der Waals surface area contributed by atoms with Gasteiger partial charge in [-0.25, -0.2) is 9.97 Å².